The summed E-state index contributed by atoms with van der Waals surface area (Å²) in [7, 11) is 0. The van der Waals surface area contributed by atoms with Gasteiger partial charge in [-0.2, -0.15) is 0 Å². The van der Waals surface area contributed by atoms with E-state index in [4.69, 9.17) is 5.11 Å². The Morgan fingerprint density at radius 2 is 2.05 bits per heavy atom. The van der Waals surface area contributed by atoms with Gasteiger partial charge >= 0.3 is 0 Å². The fraction of sp³-hybridized carbons (Fsp3) is 0.471. The maximum atomic E-state index is 12.2. The molecule has 1 unspecified atom stereocenters. The van der Waals surface area contributed by atoms with Crippen LogP contribution in [0.5, 0.6) is 0 Å². The highest BCUT2D eigenvalue weighted by Gasteiger charge is 2.13. The zero-order chi connectivity index (χ0) is 15.1. The predicted octanol–water partition coefficient (Wildman–Crippen LogP) is 2.36. The summed E-state index contributed by atoms with van der Waals surface area (Å²) in [6.07, 6.45) is 0. The lowest BCUT2D eigenvalue weighted by atomic mass is 9.98. The third kappa shape index (κ3) is 4.71. The summed E-state index contributed by atoms with van der Waals surface area (Å²) < 4.78 is 0. The van der Waals surface area contributed by atoms with Gasteiger partial charge in [-0.15, -0.1) is 0 Å². The normalized spacial score (nSPS) is 11.7. The Morgan fingerprint density at radius 1 is 1.35 bits per heavy atom. The summed E-state index contributed by atoms with van der Waals surface area (Å²) in [6, 6.07) is 5.54. The standard InChI is InChI=1S/C17H23NO2/c1-12(2)14(4)11-18-17(20)16-8-7-13(3)10-15(16)6-5-9-19/h7-8,10,12,14,19H,9,11H2,1-4H3,(H,18,20). The summed E-state index contributed by atoms with van der Waals surface area (Å²) in [6.45, 7) is 8.79. The van der Waals surface area contributed by atoms with Crippen molar-refractivity contribution in [2.75, 3.05) is 13.2 Å². The average Bonchev–Trinajstić information content (AvgIpc) is 2.42. The Hall–Kier alpha value is -1.79. The maximum absolute atomic E-state index is 12.2. The van der Waals surface area contributed by atoms with Crippen molar-refractivity contribution in [2.24, 2.45) is 11.8 Å². The number of aliphatic hydroxyl groups is 1. The third-order valence-electron chi connectivity index (χ3n) is 3.44. The van der Waals surface area contributed by atoms with E-state index < -0.39 is 0 Å². The number of amides is 1. The quantitative estimate of drug-likeness (QED) is 0.827. The van der Waals surface area contributed by atoms with E-state index in [2.05, 4.69) is 37.9 Å². The first-order valence-corrected chi connectivity index (χ1v) is 6.94. The highest BCUT2D eigenvalue weighted by molar-refractivity contribution is 5.96. The summed E-state index contributed by atoms with van der Waals surface area (Å²) in [5.41, 5.74) is 2.26. The Balaban J connectivity index is 2.87. The number of benzene rings is 1. The van der Waals surface area contributed by atoms with Gasteiger partial charge in [0.2, 0.25) is 0 Å². The van der Waals surface area contributed by atoms with Crippen LogP contribution in [-0.2, 0) is 0 Å². The summed E-state index contributed by atoms with van der Waals surface area (Å²) in [5.74, 6) is 6.28. The third-order valence-corrected chi connectivity index (χ3v) is 3.44. The zero-order valence-corrected chi connectivity index (χ0v) is 12.7. The first-order chi connectivity index (χ1) is 9.45. The van der Waals surface area contributed by atoms with Gasteiger partial charge in [0.05, 0.1) is 5.56 Å². The number of carbonyl (C=O) groups is 1. The lowest BCUT2D eigenvalue weighted by Gasteiger charge is -2.16. The molecule has 20 heavy (non-hydrogen) atoms. The number of rotatable bonds is 4. The highest BCUT2D eigenvalue weighted by atomic mass is 16.2. The molecule has 0 spiro atoms. The number of hydrogen-bond donors (Lipinski definition) is 2. The van der Waals surface area contributed by atoms with Crippen molar-refractivity contribution in [3.05, 3.63) is 34.9 Å². The fourth-order valence-electron chi connectivity index (χ4n) is 1.68. The first-order valence-electron chi connectivity index (χ1n) is 6.94. The Labute approximate surface area is 121 Å². The van der Waals surface area contributed by atoms with Crippen LogP contribution in [0.15, 0.2) is 18.2 Å². The number of carbonyl (C=O) groups excluding carboxylic acids is 1. The topological polar surface area (TPSA) is 49.3 Å². The number of nitrogens with one attached hydrogen (secondary N) is 1. The molecule has 0 heterocycles. The molecule has 1 rings (SSSR count). The van der Waals surface area contributed by atoms with Gasteiger partial charge in [0.1, 0.15) is 6.61 Å². The SMILES string of the molecule is Cc1ccc(C(=O)NCC(C)C(C)C)c(C#CCO)c1. The molecule has 108 valence electrons. The van der Waals surface area contributed by atoms with Crippen LogP contribution in [0.1, 0.15) is 42.3 Å². The second-order valence-corrected chi connectivity index (χ2v) is 5.44. The largest absolute Gasteiger partial charge is 0.384 e. The van der Waals surface area contributed by atoms with Crippen LogP contribution in [0.4, 0.5) is 0 Å². The molecular formula is C17H23NO2. The summed E-state index contributed by atoms with van der Waals surface area (Å²) in [5, 5.41) is 11.7. The Morgan fingerprint density at radius 3 is 2.65 bits per heavy atom. The van der Waals surface area contributed by atoms with Crippen LogP contribution in [0.2, 0.25) is 0 Å². The molecule has 3 nitrogen and oxygen atoms in total. The van der Waals surface area contributed by atoms with Crippen LogP contribution < -0.4 is 5.32 Å². The van der Waals surface area contributed by atoms with E-state index >= 15 is 0 Å². The Kier molecular flexibility index (Phi) is 6.27. The lowest BCUT2D eigenvalue weighted by molar-refractivity contribution is 0.0944. The van der Waals surface area contributed by atoms with Gasteiger partial charge in [-0.05, 0) is 36.5 Å². The van der Waals surface area contributed by atoms with Crippen LogP contribution in [0.25, 0.3) is 0 Å². The monoisotopic (exact) mass is 273 g/mol. The van der Waals surface area contributed by atoms with E-state index in [0.29, 0.717) is 29.5 Å². The van der Waals surface area contributed by atoms with E-state index in [1.807, 2.05) is 19.1 Å². The van der Waals surface area contributed by atoms with Gasteiger partial charge in [-0.3, -0.25) is 4.79 Å². The first kappa shape index (κ1) is 16.3. The minimum absolute atomic E-state index is 0.111. The molecule has 0 saturated carbocycles. The molecule has 1 aromatic carbocycles. The molecule has 1 aromatic rings. The molecule has 0 aliphatic rings. The maximum Gasteiger partial charge on any atom is 0.252 e. The Bertz CT molecular complexity index is 524. The summed E-state index contributed by atoms with van der Waals surface area (Å²) >= 11 is 0. The van der Waals surface area contributed by atoms with Crippen LogP contribution in [-0.4, -0.2) is 24.2 Å². The van der Waals surface area contributed by atoms with Gasteiger partial charge < -0.3 is 10.4 Å². The van der Waals surface area contributed by atoms with Crippen molar-refractivity contribution in [2.45, 2.75) is 27.7 Å². The second kappa shape index (κ2) is 7.72. The molecule has 0 saturated heterocycles. The zero-order valence-electron chi connectivity index (χ0n) is 12.7. The van der Waals surface area contributed by atoms with Crippen LogP contribution in [0, 0.1) is 30.6 Å². The number of aryl methyl sites for hydroxylation is 1. The van der Waals surface area contributed by atoms with Gasteiger partial charge in [0, 0.05) is 12.1 Å². The molecule has 0 radical (unpaired) electrons. The van der Waals surface area contributed by atoms with Crippen molar-refractivity contribution in [1.29, 1.82) is 0 Å². The van der Waals surface area contributed by atoms with E-state index in [0.717, 1.165) is 5.56 Å². The van der Waals surface area contributed by atoms with E-state index in [1.54, 1.807) is 6.07 Å². The lowest BCUT2D eigenvalue weighted by Crippen LogP contribution is -2.30. The van der Waals surface area contributed by atoms with Gasteiger partial charge in [-0.1, -0.05) is 38.7 Å². The molecule has 1 amide bonds. The van der Waals surface area contributed by atoms with E-state index in [9.17, 15) is 4.79 Å². The minimum atomic E-state index is -0.209. The number of hydrogen-bond acceptors (Lipinski definition) is 2. The molecule has 0 bridgehead atoms. The average molecular weight is 273 g/mol. The van der Waals surface area contributed by atoms with Crippen molar-refractivity contribution < 1.29 is 9.90 Å². The molecule has 0 aromatic heterocycles. The van der Waals surface area contributed by atoms with Gasteiger partial charge in [0.15, 0.2) is 0 Å². The smallest absolute Gasteiger partial charge is 0.252 e. The summed E-state index contributed by atoms with van der Waals surface area (Å²) in [4.78, 5) is 12.2. The van der Waals surface area contributed by atoms with E-state index in [-0.39, 0.29) is 12.5 Å². The fourth-order valence-corrected chi connectivity index (χ4v) is 1.68. The molecule has 0 aliphatic heterocycles. The highest BCUT2D eigenvalue weighted by Crippen LogP contribution is 2.12. The number of aliphatic hydroxyl groups excluding tert-OH is 1. The van der Waals surface area contributed by atoms with Crippen LogP contribution in [0.3, 0.4) is 0 Å². The molecule has 1 atom stereocenters. The van der Waals surface area contributed by atoms with E-state index in [1.165, 1.54) is 0 Å². The molecule has 2 N–H and O–H groups in total. The van der Waals surface area contributed by atoms with Crippen LogP contribution >= 0.6 is 0 Å². The predicted molar refractivity (Wildman–Crippen MR) is 81.5 cm³/mol. The molecular weight excluding hydrogens is 250 g/mol. The van der Waals surface area contributed by atoms with Crippen molar-refractivity contribution in [3.63, 3.8) is 0 Å². The van der Waals surface area contributed by atoms with Gasteiger partial charge in [-0.25, -0.2) is 0 Å². The second-order valence-electron chi connectivity index (χ2n) is 5.44. The van der Waals surface area contributed by atoms with Crippen molar-refractivity contribution in [1.82, 2.24) is 5.32 Å². The molecule has 0 fully saturated rings. The van der Waals surface area contributed by atoms with Crippen molar-refractivity contribution >= 4 is 5.91 Å². The molecule has 0 aliphatic carbocycles. The molecule has 3 heteroatoms. The minimum Gasteiger partial charge on any atom is -0.384 e. The van der Waals surface area contributed by atoms with Crippen molar-refractivity contribution in [3.8, 4) is 11.8 Å². The van der Waals surface area contributed by atoms with Gasteiger partial charge in [0.25, 0.3) is 5.91 Å².